The number of aliphatic imine (C=N–C) groups is 1. The van der Waals surface area contributed by atoms with Gasteiger partial charge in [-0.1, -0.05) is 91.0 Å². The summed E-state index contributed by atoms with van der Waals surface area (Å²) in [5, 5.41) is 11.9. The Morgan fingerprint density at radius 3 is 1.97 bits per heavy atom. The molecular formula is C25H26N2O4S. The Labute approximate surface area is 188 Å². The maximum absolute atomic E-state index is 12.0. The third-order valence-corrected chi connectivity index (χ3v) is 6.23. The highest BCUT2D eigenvalue weighted by Crippen LogP contribution is 2.37. The molecule has 1 aliphatic rings. The molecule has 3 aromatic rings. The summed E-state index contributed by atoms with van der Waals surface area (Å²) in [5.41, 5.74) is 0.915. The third kappa shape index (κ3) is 4.91. The topological polar surface area (TPSA) is 88.0 Å². The summed E-state index contributed by atoms with van der Waals surface area (Å²) in [4.78, 5) is 4.71. The average Bonchev–Trinajstić information content (AvgIpc) is 3.30. The van der Waals surface area contributed by atoms with Crippen LogP contribution in [0.15, 0.2) is 96.0 Å². The summed E-state index contributed by atoms with van der Waals surface area (Å²) < 4.78 is 32.6. The van der Waals surface area contributed by atoms with Gasteiger partial charge in [-0.25, -0.2) is 18.1 Å². The molecule has 0 saturated heterocycles. The van der Waals surface area contributed by atoms with Crippen molar-refractivity contribution in [3.63, 3.8) is 0 Å². The Morgan fingerprint density at radius 1 is 0.969 bits per heavy atom. The molecule has 0 bridgehead atoms. The van der Waals surface area contributed by atoms with Gasteiger partial charge in [0.05, 0.1) is 6.26 Å². The highest BCUT2D eigenvalue weighted by atomic mass is 32.2. The van der Waals surface area contributed by atoms with Crippen LogP contribution in [0.2, 0.25) is 0 Å². The minimum atomic E-state index is -3.51. The Kier molecular flexibility index (Phi) is 6.41. The molecule has 0 unspecified atom stereocenters. The second-order valence-corrected chi connectivity index (χ2v) is 9.70. The van der Waals surface area contributed by atoms with Crippen molar-refractivity contribution in [2.75, 3.05) is 12.9 Å². The van der Waals surface area contributed by atoms with Crippen molar-refractivity contribution in [2.24, 2.45) is 4.99 Å². The zero-order valence-corrected chi connectivity index (χ0v) is 18.6. The predicted molar refractivity (Wildman–Crippen MR) is 125 cm³/mol. The van der Waals surface area contributed by atoms with Gasteiger partial charge in [-0.3, -0.25) is 0 Å². The molecule has 1 aliphatic heterocycles. The standard InChI is InChI=1S/C25H26N2O4S/c1-32(29,30)27-22(17-19-11-5-2-6-12-19)24-26-23(18-31-24)25(28,20-13-7-3-8-14-20)21-15-9-4-10-16-21/h2-16,22-23,27-28H,17-18H2,1H3/t22-,23+/m1/s1. The summed E-state index contributed by atoms with van der Waals surface area (Å²) >= 11 is 0. The third-order valence-electron chi connectivity index (χ3n) is 5.52. The van der Waals surface area contributed by atoms with E-state index in [0.29, 0.717) is 17.5 Å². The molecule has 6 nitrogen and oxygen atoms in total. The lowest BCUT2D eigenvalue weighted by Gasteiger charge is -2.32. The first kappa shape index (κ1) is 22.2. The van der Waals surface area contributed by atoms with Crippen LogP contribution in [0.3, 0.4) is 0 Å². The lowest BCUT2D eigenvalue weighted by Crippen LogP contribution is -2.42. The van der Waals surface area contributed by atoms with Gasteiger partial charge in [-0.2, -0.15) is 0 Å². The molecule has 0 spiro atoms. The van der Waals surface area contributed by atoms with Crippen molar-refractivity contribution in [1.82, 2.24) is 4.72 Å². The van der Waals surface area contributed by atoms with Gasteiger partial charge in [-0.15, -0.1) is 0 Å². The molecule has 166 valence electrons. The van der Waals surface area contributed by atoms with Gasteiger partial charge in [0.25, 0.3) is 0 Å². The van der Waals surface area contributed by atoms with Crippen LogP contribution in [0.5, 0.6) is 0 Å². The molecule has 32 heavy (non-hydrogen) atoms. The molecule has 0 fully saturated rings. The van der Waals surface area contributed by atoms with Crippen molar-refractivity contribution in [3.05, 3.63) is 108 Å². The van der Waals surface area contributed by atoms with E-state index in [1.807, 2.05) is 91.0 Å². The predicted octanol–water partition coefficient (Wildman–Crippen LogP) is 2.88. The number of sulfonamides is 1. The van der Waals surface area contributed by atoms with E-state index in [9.17, 15) is 13.5 Å². The zero-order valence-electron chi connectivity index (χ0n) is 17.8. The Bertz CT molecular complexity index is 1130. The van der Waals surface area contributed by atoms with Crippen molar-refractivity contribution in [1.29, 1.82) is 0 Å². The monoisotopic (exact) mass is 450 g/mol. The quantitative estimate of drug-likeness (QED) is 0.552. The van der Waals surface area contributed by atoms with E-state index in [1.165, 1.54) is 0 Å². The van der Waals surface area contributed by atoms with Crippen LogP contribution in [0.25, 0.3) is 0 Å². The van der Waals surface area contributed by atoms with E-state index in [-0.39, 0.29) is 12.5 Å². The van der Waals surface area contributed by atoms with E-state index in [2.05, 4.69) is 4.72 Å². The number of ether oxygens (including phenoxy) is 1. The molecule has 3 aromatic carbocycles. The normalized spacial score (nSPS) is 17.4. The first-order valence-corrected chi connectivity index (χ1v) is 12.3. The fraction of sp³-hybridized carbons (Fsp3) is 0.240. The van der Waals surface area contributed by atoms with Gasteiger partial charge in [-0.05, 0) is 23.1 Å². The number of benzene rings is 3. The number of hydrogen-bond donors (Lipinski definition) is 2. The SMILES string of the molecule is CS(=O)(=O)N[C@H](Cc1ccccc1)C1=N[C@H](C(O)(c2ccccc2)c2ccccc2)CO1. The van der Waals surface area contributed by atoms with Gasteiger partial charge in [0, 0.05) is 0 Å². The van der Waals surface area contributed by atoms with E-state index in [1.54, 1.807) is 0 Å². The molecule has 7 heteroatoms. The van der Waals surface area contributed by atoms with Crippen LogP contribution in [-0.2, 0) is 26.8 Å². The maximum Gasteiger partial charge on any atom is 0.209 e. The molecule has 1 heterocycles. The molecule has 0 amide bonds. The van der Waals surface area contributed by atoms with Crippen LogP contribution in [0.1, 0.15) is 16.7 Å². The molecule has 2 atom stereocenters. The summed E-state index contributed by atoms with van der Waals surface area (Å²) in [6.45, 7) is 0.131. The minimum Gasteiger partial charge on any atom is -0.477 e. The van der Waals surface area contributed by atoms with E-state index in [4.69, 9.17) is 9.73 Å². The number of nitrogens with zero attached hydrogens (tertiary/aromatic N) is 1. The fourth-order valence-corrected chi connectivity index (χ4v) is 4.72. The Morgan fingerprint density at radius 2 is 1.47 bits per heavy atom. The van der Waals surface area contributed by atoms with Crippen LogP contribution < -0.4 is 4.72 Å². The summed E-state index contributed by atoms with van der Waals surface area (Å²) in [7, 11) is -3.51. The fourth-order valence-electron chi connectivity index (χ4n) is 4.02. The summed E-state index contributed by atoms with van der Waals surface area (Å²) in [6, 6.07) is 26.9. The highest BCUT2D eigenvalue weighted by Gasteiger charge is 2.44. The van der Waals surface area contributed by atoms with Crippen LogP contribution in [0, 0.1) is 0 Å². The molecule has 0 aromatic heterocycles. The number of hydrogen-bond acceptors (Lipinski definition) is 5. The number of aliphatic hydroxyl groups is 1. The van der Waals surface area contributed by atoms with Crippen molar-refractivity contribution in [2.45, 2.75) is 24.1 Å². The maximum atomic E-state index is 12.0. The second kappa shape index (κ2) is 9.24. The van der Waals surface area contributed by atoms with Gasteiger partial charge >= 0.3 is 0 Å². The number of nitrogens with one attached hydrogen (secondary N) is 1. The molecule has 0 saturated carbocycles. The Balaban J connectivity index is 1.72. The smallest absolute Gasteiger partial charge is 0.209 e. The van der Waals surface area contributed by atoms with E-state index >= 15 is 0 Å². The molecule has 4 rings (SSSR count). The first-order valence-electron chi connectivity index (χ1n) is 10.4. The van der Waals surface area contributed by atoms with Crippen LogP contribution >= 0.6 is 0 Å². The molecule has 2 N–H and O–H groups in total. The van der Waals surface area contributed by atoms with E-state index < -0.39 is 27.7 Å². The minimum absolute atomic E-state index is 0.131. The second-order valence-electron chi connectivity index (χ2n) is 7.92. The van der Waals surface area contributed by atoms with Crippen molar-refractivity contribution >= 4 is 15.9 Å². The average molecular weight is 451 g/mol. The van der Waals surface area contributed by atoms with Crippen molar-refractivity contribution in [3.8, 4) is 0 Å². The summed E-state index contributed by atoms with van der Waals surface area (Å²) in [5.74, 6) is 0.273. The zero-order chi connectivity index (χ0) is 22.6. The van der Waals surface area contributed by atoms with Crippen molar-refractivity contribution < 1.29 is 18.3 Å². The van der Waals surface area contributed by atoms with Gasteiger partial charge in [0.1, 0.15) is 24.3 Å². The Hall–Kier alpha value is -3.00. The van der Waals surface area contributed by atoms with Gasteiger partial charge in [0.2, 0.25) is 15.9 Å². The molecular weight excluding hydrogens is 424 g/mol. The largest absolute Gasteiger partial charge is 0.477 e. The van der Waals surface area contributed by atoms with Crippen LogP contribution in [-0.4, -0.2) is 44.4 Å². The highest BCUT2D eigenvalue weighted by molar-refractivity contribution is 7.88. The van der Waals surface area contributed by atoms with Crippen LogP contribution in [0.4, 0.5) is 0 Å². The van der Waals surface area contributed by atoms with Gasteiger partial charge < -0.3 is 9.84 Å². The van der Waals surface area contributed by atoms with E-state index in [0.717, 1.165) is 11.8 Å². The summed E-state index contributed by atoms with van der Waals surface area (Å²) in [6.07, 6.45) is 1.50. The molecule has 0 aliphatic carbocycles. The molecule has 0 radical (unpaired) electrons. The lowest BCUT2D eigenvalue weighted by atomic mass is 9.81. The first-order chi connectivity index (χ1) is 15.4. The number of rotatable bonds is 8. The van der Waals surface area contributed by atoms with Gasteiger partial charge in [0.15, 0.2) is 0 Å². The lowest BCUT2D eigenvalue weighted by molar-refractivity contribution is 0.0427.